The van der Waals surface area contributed by atoms with Gasteiger partial charge in [0.25, 0.3) is 0 Å². The van der Waals surface area contributed by atoms with E-state index in [-0.39, 0.29) is 6.42 Å². The summed E-state index contributed by atoms with van der Waals surface area (Å²) in [5.41, 5.74) is -2.79. The van der Waals surface area contributed by atoms with E-state index in [1.54, 1.807) is 0 Å². The molecule has 0 aromatic carbocycles. The van der Waals surface area contributed by atoms with Crippen molar-refractivity contribution in [2.45, 2.75) is 76.2 Å². The minimum absolute atomic E-state index is 0.0647. The molecule has 4 N–H and O–H groups in total. The molecule has 0 aliphatic carbocycles. The SMILES string of the molecule is C=CCCCCCCCCCC[C@@H](C(=O)O)[C@](O)(CC(=O)O)C(=O)O. The zero-order valence-corrected chi connectivity index (χ0v) is 14.7. The van der Waals surface area contributed by atoms with Crippen LogP contribution in [0.15, 0.2) is 12.7 Å². The molecule has 0 rings (SSSR count). The van der Waals surface area contributed by atoms with Crippen molar-refractivity contribution in [3.63, 3.8) is 0 Å². The first kappa shape index (κ1) is 23.1. The van der Waals surface area contributed by atoms with E-state index in [9.17, 15) is 24.6 Å². The van der Waals surface area contributed by atoms with Crippen LogP contribution in [0.1, 0.15) is 70.6 Å². The van der Waals surface area contributed by atoms with Gasteiger partial charge in [-0.2, -0.15) is 0 Å². The Bertz CT molecular complexity index is 447. The van der Waals surface area contributed by atoms with Gasteiger partial charge in [0.1, 0.15) is 0 Å². The van der Waals surface area contributed by atoms with Gasteiger partial charge in [-0.05, 0) is 19.3 Å². The number of hydrogen-bond acceptors (Lipinski definition) is 4. The Labute approximate surface area is 148 Å². The van der Waals surface area contributed by atoms with Crippen molar-refractivity contribution in [1.29, 1.82) is 0 Å². The molecule has 0 radical (unpaired) electrons. The number of unbranched alkanes of at least 4 members (excludes halogenated alkanes) is 8. The number of carbonyl (C=O) groups is 3. The molecule has 0 spiro atoms. The summed E-state index contributed by atoms with van der Waals surface area (Å²) >= 11 is 0. The van der Waals surface area contributed by atoms with Crippen LogP contribution in [-0.2, 0) is 14.4 Å². The molecule has 2 atom stereocenters. The highest BCUT2D eigenvalue weighted by molar-refractivity contribution is 5.89. The Balaban J connectivity index is 4.24. The van der Waals surface area contributed by atoms with E-state index in [2.05, 4.69) is 6.58 Å². The predicted octanol–water partition coefficient (Wildman–Crippen LogP) is 3.06. The van der Waals surface area contributed by atoms with Crippen molar-refractivity contribution >= 4 is 17.9 Å². The molecule has 0 aliphatic rings. The third-order valence-electron chi connectivity index (χ3n) is 4.32. The second-order valence-corrected chi connectivity index (χ2v) is 6.39. The van der Waals surface area contributed by atoms with Gasteiger partial charge in [-0.1, -0.05) is 51.0 Å². The number of aliphatic carboxylic acids is 3. The summed E-state index contributed by atoms with van der Waals surface area (Å²) in [6.07, 6.45) is 9.34. The minimum Gasteiger partial charge on any atom is -0.481 e. The van der Waals surface area contributed by atoms with Gasteiger partial charge in [-0.15, -0.1) is 6.58 Å². The maximum atomic E-state index is 11.3. The average Bonchev–Trinajstić information content (AvgIpc) is 2.51. The quantitative estimate of drug-likeness (QED) is 0.246. The van der Waals surface area contributed by atoms with E-state index in [4.69, 9.17) is 10.2 Å². The van der Waals surface area contributed by atoms with Crippen LogP contribution in [0.25, 0.3) is 0 Å². The molecule has 7 heteroatoms. The molecule has 0 bridgehead atoms. The van der Waals surface area contributed by atoms with Gasteiger partial charge in [-0.3, -0.25) is 9.59 Å². The smallest absolute Gasteiger partial charge is 0.337 e. The zero-order valence-electron chi connectivity index (χ0n) is 14.7. The van der Waals surface area contributed by atoms with Crippen LogP contribution in [0.4, 0.5) is 0 Å². The first-order valence-electron chi connectivity index (χ1n) is 8.77. The molecule has 144 valence electrons. The monoisotopic (exact) mass is 358 g/mol. The lowest BCUT2D eigenvalue weighted by molar-refractivity contribution is -0.179. The second-order valence-electron chi connectivity index (χ2n) is 6.39. The Hall–Kier alpha value is -1.89. The first-order chi connectivity index (χ1) is 11.8. The van der Waals surface area contributed by atoms with E-state index in [1.165, 1.54) is 0 Å². The van der Waals surface area contributed by atoms with Gasteiger partial charge in [0.2, 0.25) is 0 Å². The standard InChI is InChI=1S/C18H30O7/c1-2-3-4-5-6-7-8-9-10-11-12-14(16(21)22)18(25,17(23)24)13-15(19)20/h2,14,25H,1,3-13H2,(H,19,20)(H,21,22)(H,23,24)/t14-,18+/m0/s1. The summed E-state index contributed by atoms with van der Waals surface area (Å²) in [5.74, 6) is -6.50. The molecule has 0 amide bonds. The lowest BCUT2D eigenvalue weighted by atomic mass is 9.81. The number of allylic oxidation sites excluding steroid dienone is 1. The average molecular weight is 358 g/mol. The summed E-state index contributed by atoms with van der Waals surface area (Å²) < 4.78 is 0. The maximum absolute atomic E-state index is 11.3. The molecule has 0 saturated carbocycles. The molecule has 7 nitrogen and oxygen atoms in total. The Kier molecular flexibility index (Phi) is 11.5. The Morgan fingerprint density at radius 3 is 1.76 bits per heavy atom. The van der Waals surface area contributed by atoms with E-state index in [1.807, 2.05) is 6.08 Å². The van der Waals surface area contributed by atoms with Crippen molar-refractivity contribution in [2.75, 3.05) is 0 Å². The summed E-state index contributed by atoms with van der Waals surface area (Å²) in [4.78, 5) is 33.3. The highest BCUT2D eigenvalue weighted by Crippen LogP contribution is 2.28. The van der Waals surface area contributed by atoms with Crippen LogP contribution >= 0.6 is 0 Å². The number of carboxylic acid groups (broad SMARTS) is 3. The van der Waals surface area contributed by atoms with E-state index in [0.29, 0.717) is 6.42 Å². The third kappa shape index (κ3) is 9.24. The van der Waals surface area contributed by atoms with Crippen LogP contribution in [-0.4, -0.2) is 43.9 Å². The lowest BCUT2D eigenvalue weighted by Gasteiger charge is -2.28. The van der Waals surface area contributed by atoms with Crippen LogP contribution in [0.2, 0.25) is 0 Å². The van der Waals surface area contributed by atoms with Gasteiger partial charge in [0.15, 0.2) is 5.60 Å². The fourth-order valence-corrected chi connectivity index (χ4v) is 2.84. The largest absolute Gasteiger partial charge is 0.481 e. The molecule has 25 heavy (non-hydrogen) atoms. The van der Waals surface area contributed by atoms with Crippen molar-refractivity contribution in [3.05, 3.63) is 12.7 Å². The van der Waals surface area contributed by atoms with Gasteiger partial charge in [0.05, 0.1) is 12.3 Å². The van der Waals surface area contributed by atoms with Gasteiger partial charge >= 0.3 is 17.9 Å². The normalized spacial score (nSPS) is 14.4. The molecule has 0 aromatic rings. The molecule has 0 unspecified atom stereocenters. The van der Waals surface area contributed by atoms with Crippen molar-refractivity contribution in [1.82, 2.24) is 0 Å². The second kappa shape index (κ2) is 12.5. The molecule has 0 aromatic heterocycles. The van der Waals surface area contributed by atoms with Gasteiger partial charge in [0, 0.05) is 0 Å². The third-order valence-corrected chi connectivity index (χ3v) is 4.32. The minimum atomic E-state index is -2.79. The van der Waals surface area contributed by atoms with Crippen LogP contribution in [0.3, 0.4) is 0 Å². The van der Waals surface area contributed by atoms with Crippen molar-refractivity contribution < 1.29 is 34.8 Å². The van der Waals surface area contributed by atoms with E-state index >= 15 is 0 Å². The molecular weight excluding hydrogens is 328 g/mol. The summed E-state index contributed by atoms with van der Waals surface area (Å²) in [5, 5.41) is 37.1. The fourth-order valence-electron chi connectivity index (χ4n) is 2.84. The maximum Gasteiger partial charge on any atom is 0.337 e. The molecule has 0 fully saturated rings. The van der Waals surface area contributed by atoms with Crippen molar-refractivity contribution in [3.8, 4) is 0 Å². The molecule has 0 aliphatic heterocycles. The summed E-state index contributed by atoms with van der Waals surface area (Å²) in [6.45, 7) is 3.67. The molecular formula is C18H30O7. The predicted molar refractivity (Wildman–Crippen MR) is 92.3 cm³/mol. The van der Waals surface area contributed by atoms with Crippen molar-refractivity contribution in [2.24, 2.45) is 5.92 Å². The first-order valence-corrected chi connectivity index (χ1v) is 8.77. The van der Waals surface area contributed by atoms with Gasteiger partial charge < -0.3 is 20.4 Å². The molecule has 0 saturated heterocycles. The highest BCUT2D eigenvalue weighted by Gasteiger charge is 2.49. The lowest BCUT2D eigenvalue weighted by Crippen LogP contribution is -2.50. The topological polar surface area (TPSA) is 132 Å². The van der Waals surface area contributed by atoms with E-state index < -0.39 is 35.8 Å². The number of hydrogen-bond donors (Lipinski definition) is 4. The summed E-state index contributed by atoms with van der Waals surface area (Å²) in [7, 11) is 0. The number of aliphatic hydroxyl groups is 1. The number of carboxylic acids is 3. The summed E-state index contributed by atoms with van der Waals surface area (Å²) in [6, 6.07) is 0. The zero-order chi connectivity index (χ0) is 19.3. The molecule has 0 heterocycles. The van der Waals surface area contributed by atoms with Crippen LogP contribution in [0, 0.1) is 5.92 Å². The Morgan fingerprint density at radius 1 is 0.880 bits per heavy atom. The Morgan fingerprint density at radius 2 is 1.36 bits per heavy atom. The van der Waals surface area contributed by atoms with Crippen LogP contribution in [0.5, 0.6) is 0 Å². The van der Waals surface area contributed by atoms with E-state index in [0.717, 1.165) is 51.4 Å². The highest BCUT2D eigenvalue weighted by atomic mass is 16.4. The van der Waals surface area contributed by atoms with Crippen LogP contribution < -0.4 is 0 Å². The fraction of sp³-hybridized carbons (Fsp3) is 0.722. The van der Waals surface area contributed by atoms with Gasteiger partial charge in [-0.25, -0.2) is 4.79 Å². The number of rotatable bonds is 16.